The Bertz CT molecular complexity index is 973. The molecule has 156 valence electrons. The number of aromatic nitrogens is 2. The van der Waals surface area contributed by atoms with Crippen molar-refractivity contribution in [1.82, 2.24) is 15.5 Å². The fourth-order valence-electron chi connectivity index (χ4n) is 3.31. The predicted octanol–water partition coefficient (Wildman–Crippen LogP) is 3.35. The van der Waals surface area contributed by atoms with E-state index in [1.165, 1.54) is 0 Å². The third-order valence-electron chi connectivity index (χ3n) is 4.93. The summed E-state index contributed by atoms with van der Waals surface area (Å²) in [6.45, 7) is 1.76. The first kappa shape index (κ1) is 20.3. The second kappa shape index (κ2) is 9.67. The van der Waals surface area contributed by atoms with Crippen LogP contribution in [0.1, 0.15) is 27.9 Å². The van der Waals surface area contributed by atoms with Gasteiger partial charge in [0, 0.05) is 36.6 Å². The number of amides is 1. The number of hydrogen-bond donors (Lipinski definition) is 1. The van der Waals surface area contributed by atoms with Crippen LogP contribution in [0.5, 0.6) is 5.75 Å². The first-order valence-electron chi connectivity index (χ1n) is 9.88. The van der Waals surface area contributed by atoms with Crippen molar-refractivity contribution >= 4 is 23.7 Å². The Balaban J connectivity index is 1.56. The molecule has 2 aromatic carbocycles. The van der Waals surface area contributed by atoms with E-state index in [-0.39, 0.29) is 5.91 Å². The van der Waals surface area contributed by atoms with Crippen molar-refractivity contribution in [3.05, 3.63) is 71.6 Å². The average molecular weight is 425 g/mol. The summed E-state index contributed by atoms with van der Waals surface area (Å²) in [6, 6.07) is 17.1. The van der Waals surface area contributed by atoms with Gasteiger partial charge in [-0.1, -0.05) is 41.5 Å². The van der Waals surface area contributed by atoms with Gasteiger partial charge in [0.2, 0.25) is 5.89 Å². The van der Waals surface area contributed by atoms with Crippen LogP contribution in [0.4, 0.5) is 6.01 Å². The number of hydrogen-bond acceptors (Lipinski definition) is 7. The molecule has 1 fully saturated rings. The summed E-state index contributed by atoms with van der Waals surface area (Å²) in [5.41, 5.74) is 1.59. The molecule has 1 amide bonds. The molecule has 0 unspecified atom stereocenters. The normalized spacial score (nSPS) is 14.9. The van der Waals surface area contributed by atoms with Gasteiger partial charge in [-0.25, -0.2) is 0 Å². The molecular formula is C22H24N4O3S. The molecule has 4 rings (SSSR count). The van der Waals surface area contributed by atoms with E-state index in [9.17, 15) is 4.79 Å². The van der Waals surface area contributed by atoms with E-state index in [0.717, 1.165) is 30.2 Å². The maximum absolute atomic E-state index is 12.9. The number of benzene rings is 2. The molecule has 3 aromatic rings. The van der Waals surface area contributed by atoms with Gasteiger partial charge in [-0.05, 0) is 23.8 Å². The molecule has 1 aliphatic heterocycles. The summed E-state index contributed by atoms with van der Waals surface area (Å²) in [4.78, 5) is 15.0. The third-order valence-corrected chi connectivity index (χ3v) is 5.87. The first-order chi connectivity index (χ1) is 14.7. The smallest absolute Gasteiger partial charge is 0.318 e. The highest BCUT2D eigenvalue weighted by Crippen LogP contribution is 2.24. The molecule has 30 heavy (non-hydrogen) atoms. The molecule has 0 radical (unpaired) electrons. The number of rotatable bonds is 7. The molecule has 0 saturated carbocycles. The van der Waals surface area contributed by atoms with Crippen LogP contribution in [0.15, 0.2) is 59.0 Å². The van der Waals surface area contributed by atoms with Gasteiger partial charge in [-0.3, -0.25) is 4.79 Å². The van der Waals surface area contributed by atoms with E-state index in [0.29, 0.717) is 29.6 Å². The fourth-order valence-corrected chi connectivity index (χ4v) is 4.21. The minimum Gasteiger partial charge on any atom is -0.497 e. The van der Waals surface area contributed by atoms with Crippen LogP contribution in [0, 0.1) is 0 Å². The van der Waals surface area contributed by atoms with E-state index in [1.54, 1.807) is 31.4 Å². The largest absolute Gasteiger partial charge is 0.497 e. The molecule has 1 N–H and O–H groups in total. The highest BCUT2D eigenvalue weighted by molar-refractivity contribution is 7.99. The van der Waals surface area contributed by atoms with Crippen LogP contribution in [-0.4, -0.2) is 47.8 Å². The lowest BCUT2D eigenvalue weighted by Crippen LogP contribution is -2.32. The zero-order chi connectivity index (χ0) is 20.8. The highest BCUT2D eigenvalue weighted by Gasteiger charge is 2.25. The number of nitrogens with zero attached hydrogens (tertiary/aromatic N) is 3. The Morgan fingerprint density at radius 1 is 1.17 bits per heavy atom. The van der Waals surface area contributed by atoms with Crippen molar-refractivity contribution in [3.63, 3.8) is 0 Å². The minimum absolute atomic E-state index is 0.219. The number of methoxy groups -OCH3 is 1. The van der Waals surface area contributed by atoms with Gasteiger partial charge in [0.05, 0.1) is 7.11 Å². The summed E-state index contributed by atoms with van der Waals surface area (Å²) in [5, 5.41) is 11.6. The predicted molar refractivity (Wildman–Crippen MR) is 117 cm³/mol. The van der Waals surface area contributed by atoms with E-state index < -0.39 is 6.04 Å². The molecule has 1 aromatic heterocycles. The summed E-state index contributed by atoms with van der Waals surface area (Å²) < 4.78 is 11.2. The molecule has 1 atom stereocenters. The van der Waals surface area contributed by atoms with Gasteiger partial charge in [-0.15, -0.1) is 5.10 Å². The van der Waals surface area contributed by atoms with Gasteiger partial charge < -0.3 is 19.4 Å². The Labute approximate surface area is 179 Å². The molecule has 8 heteroatoms. The Hall–Kier alpha value is -3.00. The maximum atomic E-state index is 12.9. The van der Waals surface area contributed by atoms with Crippen molar-refractivity contribution in [2.75, 3.05) is 36.6 Å². The van der Waals surface area contributed by atoms with Crippen LogP contribution in [0.2, 0.25) is 0 Å². The first-order valence-corrected chi connectivity index (χ1v) is 11.0. The van der Waals surface area contributed by atoms with Crippen molar-refractivity contribution in [2.24, 2.45) is 0 Å². The third kappa shape index (κ3) is 4.94. The highest BCUT2D eigenvalue weighted by atomic mass is 32.2. The van der Waals surface area contributed by atoms with Crippen LogP contribution in [-0.2, 0) is 6.42 Å². The minimum atomic E-state index is -0.438. The monoisotopic (exact) mass is 424 g/mol. The van der Waals surface area contributed by atoms with Gasteiger partial charge in [0.1, 0.15) is 11.8 Å². The summed E-state index contributed by atoms with van der Waals surface area (Å²) >= 11 is 1.92. The zero-order valence-electron chi connectivity index (χ0n) is 16.8. The number of carbonyl (C=O) groups excluding carboxylic acids is 1. The summed E-state index contributed by atoms with van der Waals surface area (Å²) in [5.74, 6) is 2.90. The average Bonchev–Trinajstić information content (AvgIpc) is 3.30. The van der Waals surface area contributed by atoms with Gasteiger partial charge in [0.15, 0.2) is 0 Å². The standard InChI is InChI=1S/C22H24N4O3S/c1-28-18-9-5-8-17(15-18)20(27)23-19(14-16-6-3-2-4-7-16)21-24-25-22(29-21)26-10-12-30-13-11-26/h2-9,15,19H,10-14H2,1H3,(H,23,27)/t19-/m0/s1. The van der Waals surface area contributed by atoms with E-state index >= 15 is 0 Å². The van der Waals surface area contributed by atoms with Crippen molar-refractivity contribution in [1.29, 1.82) is 0 Å². The van der Waals surface area contributed by atoms with E-state index in [1.807, 2.05) is 42.1 Å². The van der Waals surface area contributed by atoms with Crippen LogP contribution < -0.4 is 15.0 Å². The Morgan fingerprint density at radius 2 is 1.97 bits per heavy atom. The topological polar surface area (TPSA) is 80.5 Å². The molecule has 2 heterocycles. The van der Waals surface area contributed by atoms with E-state index in [2.05, 4.69) is 20.4 Å². The number of nitrogens with one attached hydrogen (secondary N) is 1. The van der Waals surface area contributed by atoms with Gasteiger partial charge in [0.25, 0.3) is 5.91 Å². The Kier molecular flexibility index (Phi) is 6.53. The SMILES string of the molecule is COc1cccc(C(=O)N[C@@H](Cc2ccccc2)c2nnc(N3CCSCC3)o2)c1. The number of anilines is 1. The summed E-state index contributed by atoms with van der Waals surface area (Å²) in [7, 11) is 1.58. The van der Waals surface area contributed by atoms with Crippen molar-refractivity contribution in [2.45, 2.75) is 12.5 Å². The lowest BCUT2D eigenvalue weighted by atomic mass is 10.1. The van der Waals surface area contributed by atoms with Crippen LogP contribution >= 0.6 is 11.8 Å². The molecule has 1 aliphatic rings. The second-order valence-electron chi connectivity index (χ2n) is 6.97. The number of carbonyl (C=O) groups is 1. The van der Waals surface area contributed by atoms with Crippen LogP contribution in [0.3, 0.4) is 0 Å². The second-order valence-corrected chi connectivity index (χ2v) is 8.19. The summed E-state index contributed by atoms with van der Waals surface area (Å²) in [6.07, 6.45) is 0.550. The lowest BCUT2D eigenvalue weighted by molar-refractivity contribution is 0.0929. The lowest BCUT2D eigenvalue weighted by Gasteiger charge is -2.24. The van der Waals surface area contributed by atoms with E-state index in [4.69, 9.17) is 9.15 Å². The quantitative estimate of drug-likeness (QED) is 0.623. The van der Waals surface area contributed by atoms with Gasteiger partial charge in [-0.2, -0.15) is 11.8 Å². The van der Waals surface area contributed by atoms with Crippen molar-refractivity contribution in [3.8, 4) is 5.75 Å². The zero-order valence-corrected chi connectivity index (χ0v) is 17.6. The van der Waals surface area contributed by atoms with Crippen LogP contribution in [0.25, 0.3) is 0 Å². The molecule has 0 bridgehead atoms. The molecule has 1 saturated heterocycles. The van der Waals surface area contributed by atoms with Crippen molar-refractivity contribution < 1.29 is 13.9 Å². The molecule has 7 nitrogen and oxygen atoms in total. The Morgan fingerprint density at radius 3 is 2.73 bits per heavy atom. The fraction of sp³-hybridized carbons (Fsp3) is 0.318. The van der Waals surface area contributed by atoms with Gasteiger partial charge >= 0.3 is 6.01 Å². The number of thioether (sulfide) groups is 1. The molecular weight excluding hydrogens is 400 g/mol. The maximum Gasteiger partial charge on any atom is 0.318 e. The number of ether oxygens (including phenoxy) is 1. The molecule has 0 spiro atoms. The molecule has 0 aliphatic carbocycles.